The Morgan fingerprint density at radius 1 is 1.15 bits per heavy atom. The molecular weight excluding hydrogens is 248 g/mol. The van der Waals surface area contributed by atoms with E-state index in [2.05, 4.69) is 22.1 Å². The van der Waals surface area contributed by atoms with Crippen molar-refractivity contribution in [3.8, 4) is 0 Å². The van der Waals surface area contributed by atoms with Crippen molar-refractivity contribution < 1.29 is 4.79 Å². The summed E-state index contributed by atoms with van der Waals surface area (Å²) in [4.78, 5) is 19.9. The molecule has 0 unspecified atom stereocenters. The first kappa shape index (κ1) is 11.4. The summed E-state index contributed by atoms with van der Waals surface area (Å²) in [5.74, 6) is 0.0685. The second-order valence-electron chi connectivity index (χ2n) is 5.29. The van der Waals surface area contributed by atoms with E-state index >= 15 is 0 Å². The Morgan fingerprint density at radius 3 is 3.00 bits per heavy atom. The predicted molar refractivity (Wildman–Crippen MR) is 78.0 cm³/mol. The van der Waals surface area contributed by atoms with Gasteiger partial charge in [0, 0.05) is 40.6 Å². The van der Waals surface area contributed by atoms with Crippen molar-refractivity contribution in [3.63, 3.8) is 0 Å². The van der Waals surface area contributed by atoms with Gasteiger partial charge in [0.15, 0.2) is 5.78 Å². The fraction of sp³-hybridized carbons (Fsp3) is 0.176. The van der Waals surface area contributed by atoms with Crippen LogP contribution in [0.5, 0.6) is 0 Å². The SMILES string of the molecule is O=C(c1ccc2c(c1)CCC2)c1c[nH]c2ccncc12. The number of fused-ring (bicyclic) bond motifs is 2. The van der Waals surface area contributed by atoms with Crippen LogP contribution in [0, 0.1) is 0 Å². The molecule has 0 atom stereocenters. The zero-order valence-electron chi connectivity index (χ0n) is 11.0. The quantitative estimate of drug-likeness (QED) is 0.720. The van der Waals surface area contributed by atoms with Gasteiger partial charge in [-0.15, -0.1) is 0 Å². The van der Waals surface area contributed by atoms with E-state index in [1.54, 1.807) is 18.6 Å². The fourth-order valence-corrected chi connectivity index (χ4v) is 3.02. The van der Waals surface area contributed by atoms with Crippen molar-refractivity contribution >= 4 is 16.7 Å². The molecule has 4 rings (SSSR count). The Balaban J connectivity index is 1.80. The van der Waals surface area contributed by atoms with Crippen molar-refractivity contribution in [3.05, 3.63) is 65.1 Å². The average Bonchev–Trinajstić information content (AvgIpc) is 3.12. The molecule has 0 fully saturated rings. The van der Waals surface area contributed by atoms with Gasteiger partial charge in [-0.25, -0.2) is 0 Å². The largest absolute Gasteiger partial charge is 0.360 e. The summed E-state index contributed by atoms with van der Waals surface area (Å²) in [5, 5.41) is 0.887. The number of H-pyrrole nitrogens is 1. The summed E-state index contributed by atoms with van der Waals surface area (Å²) in [6.45, 7) is 0. The molecule has 3 nitrogen and oxygen atoms in total. The maximum atomic E-state index is 12.7. The van der Waals surface area contributed by atoms with Gasteiger partial charge in [-0.3, -0.25) is 9.78 Å². The fourth-order valence-electron chi connectivity index (χ4n) is 3.02. The van der Waals surface area contributed by atoms with E-state index < -0.39 is 0 Å². The van der Waals surface area contributed by atoms with Gasteiger partial charge >= 0.3 is 0 Å². The number of benzene rings is 1. The molecular formula is C17H14N2O. The normalized spacial score (nSPS) is 13.6. The highest BCUT2D eigenvalue weighted by Crippen LogP contribution is 2.25. The van der Waals surface area contributed by atoms with Gasteiger partial charge in [-0.05, 0) is 42.5 Å². The van der Waals surface area contributed by atoms with Crippen LogP contribution in [0.1, 0.15) is 33.5 Å². The van der Waals surface area contributed by atoms with Crippen LogP contribution in [-0.2, 0) is 12.8 Å². The number of aromatic nitrogens is 2. The van der Waals surface area contributed by atoms with Crippen molar-refractivity contribution in [1.82, 2.24) is 9.97 Å². The lowest BCUT2D eigenvalue weighted by atomic mass is 9.99. The van der Waals surface area contributed by atoms with Crippen LogP contribution in [0.25, 0.3) is 10.9 Å². The number of rotatable bonds is 2. The summed E-state index contributed by atoms with van der Waals surface area (Å²) in [7, 11) is 0. The Kier molecular flexibility index (Phi) is 2.46. The number of nitrogens with one attached hydrogen (secondary N) is 1. The van der Waals surface area contributed by atoms with Crippen LogP contribution >= 0.6 is 0 Å². The summed E-state index contributed by atoms with van der Waals surface area (Å²) >= 11 is 0. The number of carbonyl (C=O) groups excluding carboxylic acids is 1. The topological polar surface area (TPSA) is 45.8 Å². The molecule has 1 aromatic carbocycles. The minimum absolute atomic E-state index is 0.0685. The maximum absolute atomic E-state index is 12.7. The van der Waals surface area contributed by atoms with E-state index in [-0.39, 0.29) is 5.78 Å². The zero-order valence-corrected chi connectivity index (χ0v) is 11.0. The predicted octanol–water partition coefficient (Wildman–Crippen LogP) is 3.28. The van der Waals surface area contributed by atoms with E-state index in [1.807, 2.05) is 12.1 Å². The Morgan fingerprint density at radius 2 is 2.05 bits per heavy atom. The van der Waals surface area contributed by atoms with Crippen LogP contribution in [0.4, 0.5) is 0 Å². The molecule has 20 heavy (non-hydrogen) atoms. The molecule has 3 aromatic rings. The molecule has 0 saturated carbocycles. The minimum atomic E-state index is 0.0685. The molecule has 0 spiro atoms. The van der Waals surface area contributed by atoms with Gasteiger partial charge in [0.2, 0.25) is 0 Å². The highest BCUT2D eigenvalue weighted by atomic mass is 16.1. The molecule has 3 heteroatoms. The Hall–Kier alpha value is -2.42. The number of carbonyl (C=O) groups is 1. The van der Waals surface area contributed by atoms with Crippen LogP contribution in [0.2, 0.25) is 0 Å². The third kappa shape index (κ3) is 1.67. The van der Waals surface area contributed by atoms with Gasteiger partial charge in [0.05, 0.1) is 0 Å². The number of ketones is 1. The van der Waals surface area contributed by atoms with E-state index in [0.29, 0.717) is 5.56 Å². The second-order valence-corrected chi connectivity index (χ2v) is 5.29. The molecule has 98 valence electrons. The summed E-state index contributed by atoms with van der Waals surface area (Å²) in [6, 6.07) is 7.99. The lowest BCUT2D eigenvalue weighted by Crippen LogP contribution is -2.01. The van der Waals surface area contributed by atoms with Gasteiger partial charge < -0.3 is 4.98 Å². The zero-order chi connectivity index (χ0) is 13.5. The van der Waals surface area contributed by atoms with Crippen molar-refractivity contribution in [2.45, 2.75) is 19.3 Å². The van der Waals surface area contributed by atoms with E-state index in [9.17, 15) is 4.79 Å². The number of hydrogen-bond donors (Lipinski definition) is 1. The molecule has 0 bridgehead atoms. The molecule has 0 amide bonds. The van der Waals surface area contributed by atoms with Crippen molar-refractivity contribution in [1.29, 1.82) is 0 Å². The molecule has 2 aromatic heterocycles. The van der Waals surface area contributed by atoms with E-state index in [0.717, 1.165) is 29.3 Å². The van der Waals surface area contributed by atoms with Crippen LogP contribution in [0.3, 0.4) is 0 Å². The first-order chi connectivity index (χ1) is 9.83. The average molecular weight is 262 g/mol. The number of pyridine rings is 1. The molecule has 0 radical (unpaired) electrons. The van der Waals surface area contributed by atoms with Gasteiger partial charge in [0.25, 0.3) is 0 Å². The first-order valence-electron chi connectivity index (χ1n) is 6.90. The van der Waals surface area contributed by atoms with E-state index in [1.165, 1.54) is 17.5 Å². The summed E-state index contributed by atoms with van der Waals surface area (Å²) in [5.41, 5.74) is 5.14. The molecule has 1 aliphatic carbocycles. The van der Waals surface area contributed by atoms with Crippen molar-refractivity contribution in [2.24, 2.45) is 0 Å². The van der Waals surface area contributed by atoms with E-state index in [4.69, 9.17) is 0 Å². The van der Waals surface area contributed by atoms with Crippen molar-refractivity contribution in [2.75, 3.05) is 0 Å². The second kappa shape index (κ2) is 4.30. The van der Waals surface area contributed by atoms with Crippen LogP contribution in [0.15, 0.2) is 42.9 Å². The standard InChI is InChI=1S/C17H14N2O/c20-17(13-5-4-11-2-1-3-12(11)8-13)15-10-19-16-6-7-18-9-14(15)16/h4-10,19H,1-3H2. The van der Waals surface area contributed by atoms with Crippen LogP contribution in [-0.4, -0.2) is 15.8 Å². The van der Waals surface area contributed by atoms with Gasteiger partial charge in [-0.1, -0.05) is 12.1 Å². The first-order valence-corrected chi connectivity index (χ1v) is 6.90. The highest BCUT2D eigenvalue weighted by Gasteiger charge is 2.17. The lowest BCUT2D eigenvalue weighted by molar-refractivity contribution is 0.104. The Labute approximate surface area is 116 Å². The molecule has 1 aliphatic rings. The third-order valence-electron chi connectivity index (χ3n) is 4.09. The summed E-state index contributed by atoms with van der Waals surface area (Å²) in [6.07, 6.45) is 8.67. The number of aromatic amines is 1. The lowest BCUT2D eigenvalue weighted by Gasteiger charge is -2.03. The number of nitrogens with zero attached hydrogens (tertiary/aromatic N) is 1. The molecule has 2 heterocycles. The molecule has 0 aliphatic heterocycles. The Bertz CT molecular complexity index is 817. The minimum Gasteiger partial charge on any atom is -0.360 e. The molecule has 1 N–H and O–H groups in total. The van der Waals surface area contributed by atoms with Gasteiger partial charge in [-0.2, -0.15) is 0 Å². The highest BCUT2D eigenvalue weighted by molar-refractivity contribution is 6.16. The monoisotopic (exact) mass is 262 g/mol. The third-order valence-corrected chi connectivity index (χ3v) is 4.09. The summed E-state index contributed by atoms with van der Waals surface area (Å²) < 4.78 is 0. The molecule has 0 saturated heterocycles. The van der Waals surface area contributed by atoms with Crippen LogP contribution < -0.4 is 0 Å². The smallest absolute Gasteiger partial charge is 0.195 e. The van der Waals surface area contributed by atoms with Gasteiger partial charge in [0.1, 0.15) is 0 Å². The maximum Gasteiger partial charge on any atom is 0.195 e. The number of hydrogen-bond acceptors (Lipinski definition) is 2. The number of aryl methyl sites for hydroxylation is 2.